The summed E-state index contributed by atoms with van der Waals surface area (Å²) in [5, 5.41) is 3.92. The number of Topliss-reactive ketones (excluding diaryl/α,β-unsaturated/α-hetero) is 1. The summed E-state index contributed by atoms with van der Waals surface area (Å²) in [6.45, 7) is 4.67. The van der Waals surface area contributed by atoms with Gasteiger partial charge in [0.2, 0.25) is 11.7 Å². The average Bonchev–Trinajstić information content (AvgIpc) is 2.88. The molecule has 1 aromatic rings. The first-order chi connectivity index (χ1) is 8.14. The van der Waals surface area contributed by atoms with Crippen LogP contribution in [0, 0.1) is 0 Å². The van der Waals surface area contributed by atoms with Gasteiger partial charge in [-0.2, -0.15) is 4.98 Å². The van der Waals surface area contributed by atoms with Crippen molar-refractivity contribution < 1.29 is 14.1 Å². The molecule has 1 atom stereocenters. The highest BCUT2D eigenvalue weighted by Gasteiger charge is 2.36. The minimum atomic E-state index is -0.435. The molecule has 0 saturated carbocycles. The van der Waals surface area contributed by atoms with Gasteiger partial charge in [-0.15, -0.1) is 0 Å². The molecule has 1 saturated heterocycles. The molecule has 1 aliphatic rings. The minimum absolute atomic E-state index is 0.139. The van der Waals surface area contributed by atoms with Crippen molar-refractivity contribution in [1.82, 2.24) is 10.1 Å². The zero-order chi connectivity index (χ0) is 12.3. The van der Waals surface area contributed by atoms with E-state index in [1.165, 1.54) is 0 Å². The second kappa shape index (κ2) is 4.96. The smallest absolute Gasteiger partial charge is 0.234 e. The number of hydrogen-bond donors (Lipinski definition) is 0. The van der Waals surface area contributed by atoms with E-state index in [2.05, 4.69) is 10.1 Å². The first-order valence-corrected chi connectivity index (χ1v) is 6.13. The van der Waals surface area contributed by atoms with Crippen molar-refractivity contribution in [2.75, 3.05) is 6.61 Å². The maximum atomic E-state index is 11.5. The van der Waals surface area contributed by atoms with E-state index in [-0.39, 0.29) is 12.2 Å². The quantitative estimate of drug-likeness (QED) is 0.785. The highest BCUT2D eigenvalue weighted by Crippen LogP contribution is 2.33. The van der Waals surface area contributed by atoms with E-state index >= 15 is 0 Å². The van der Waals surface area contributed by atoms with Crippen LogP contribution in [-0.4, -0.2) is 22.5 Å². The van der Waals surface area contributed by atoms with E-state index in [1.807, 2.05) is 13.8 Å². The normalized spacial score (nSPS) is 24.1. The number of rotatable bonds is 5. The largest absolute Gasteiger partial charge is 0.367 e. The van der Waals surface area contributed by atoms with Gasteiger partial charge in [-0.25, -0.2) is 0 Å². The molecule has 2 heterocycles. The van der Waals surface area contributed by atoms with E-state index < -0.39 is 5.60 Å². The van der Waals surface area contributed by atoms with Crippen LogP contribution in [0.3, 0.4) is 0 Å². The predicted octanol–water partition coefficient (Wildman–Crippen LogP) is 2.01. The van der Waals surface area contributed by atoms with Crippen LogP contribution >= 0.6 is 0 Å². The molecule has 0 aromatic carbocycles. The summed E-state index contributed by atoms with van der Waals surface area (Å²) in [6.07, 6.45) is 3.55. The highest BCUT2D eigenvalue weighted by molar-refractivity contribution is 5.79. The Kier molecular flexibility index (Phi) is 3.57. The lowest BCUT2D eigenvalue weighted by molar-refractivity contribution is -0.118. The van der Waals surface area contributed by atoms with Crippen molar-refractivity contribution in [2.24, 2.45) is 0 Å². The predicted molar refractivity (Wildman–Crippen MR) is 60.5 cm³/mol. The maximum Gasteiger partial charge on any atom is 0.234 e. The standard InChI is InChI=1S/C12H18N2O3/c1-3-5-9(15)8-10-13-11(14-17-10)12(2)6-4-7-16-12/h3-8H2,1-2H3. The van der Waals surface area contributed by atoms with Crippen molar-refractivity contribution in [3.63, 3.8) is 0 Å². The van der Waals surface area contributed by atoms with Crippen molar-refractivity contribution >= 4 is 5.78 Å². The number of carbonyl (C=O) groups excluding carboxylic acids is 1. The van der Waals surface area contributed by atoms with Gasteiger partial charge in [0.25, 0.3) is 0 Å². The van der Waals surface area contributed by atoms with Crippen LogP contribution in [0.5, 0.6) is 0 Å². The molecule has 5 heteroatoms. The first-order valence-electron chi connectivity index (χ1n) is 6.13. The van der Waals surface area contributed by atoms with Crippen LogP contribution in [0.4, 0.5) is 0 Å². The molecule has 0 N–H and O–H groups in total. The maximum absolute atomic E-state index is 11.5. The summed E-state index contributed by atoms with van der Waals surface area (Å²) >= 11 is 0. The summed E-state index contributed by atoms with van der Waals surface area (Å²) in [7, 11) is 0. The monoisotopic (exact) mass is 238 g/mol. The molecule has 94 valence electrons. The van der Waals surface area contributed by atoms with E-state index in [0.29, 0.717) is 18.1 Å². The molecular formula is C12H18N2O3. The lowest BCUT2D eigenvalue weighted by Crippen LogP contribution is -2.21. The number of nitrogens with zero attached hydrogens (tertiary/aromatic N) is 2. The molecule has 2 rings (SSSR count). The third-order valence-corrected chi connectivity index (χ3v) is 3.04. The second-order valence-corrected chi connectivity index (χ2v) is 4.66. The summed E-state index contributed by atoms with van der Waals surface area (Å²) in [4.78, 5) is 15.7. The Labute approximate surface area is 101 Å². The van der Waals surface area contributed by atoms with Gasteiger partial charge < -0.3 is 9.26 Å². The van der Waals surface area contributed by atoms with Crippen molar-refractivity contribution in [3.8, 4) is 0 Å². The van der Waals surface area contributed by atoms with Gasteiger partial charge in [0.1, 0.15) is 11.4 Å². The first kappa shape index (κ1) is 12.2. The van der Waals surface area contributed by atoms with Crippen molar-refractivity contribution in [1.29, 1.82) is 0 Å². The second-order valence-electron chi connectivity index (χ2n) is 4.66. The molecule has 17 heavy (non-hydrogen) atoms. The number of ether oxygens (including phenoxy) is 1. The number of hydrogen-bond acceptors (Lipinski definition) is 5. The molecule has 1 aromatic heterocycles. The summed E-state index contributed by atoms with van der Waals surface area (Å²) < 4.78 is 10.7. The summed E-state index contributed by atoms with van der Waals surface area (Å²) in [5.74, 6) is 1.10. The Hall–Kier alpha value is -1.23. The van der Waals surface area contributed by atoms with Gasteiger partial charge in [-0.3, -0.25) is 4.79 Å². The fourth-order valence-electron chi connectivity index (χ4n) is 2.03. The number of carbonyl (C=O) groups is 1. The average molecular weight is 238 g/mol. The highest BCUT2D eigenvalue weighted by atomic mass is 16.5. The van der Waals surface area contributed by atoms with Gasteiger partial charge >= 0.3 is 0 Å². The van der Waals surface area contributed by atoms with E-state index in [9.17, 15) is 4.79 Å². The van der Waals surface area contributed by atoms with Gasteiger partial charge in [-0.1, -0.05) is 12.1 Å². The molecule has 1 aliphatic heterocycles. The van der Waals surface area contributed by atoms with Crippen LogP contribution < -0.4 is 0 Å². The molecule has 0 radical (unpaired) electrons. The van der Waals surface area contributed by atoms with Crippen LogP contribution in [-0.2, 0) is 21.6 Å². The van der Waals surface area contributed by atoms with Crippen LogP contribution in [0.15, 0.2) is 4.52 Å². The Morgan fingerprint density at radius 2 is 2.35 bits per heavy atom. The van der Waals surface area contributed by atoms with E-state index in [0.717, 1.165) is 25.9 Å². The topological polar surface area (TPSA) is 65.2 Å². The SMILES string of the molecule is CCCC(=O)Cc1nc(C2(C)CCCO2)no1. The number of aromatic nitrogens is 2. The van der Waals surface area contributed by atoms with Gasteiger partial charge in [0.15, 0.2) is 0 Å². The van der Waals surface area contributed by atoms with Crippen LogP contribution in [0.1, 0.15) is 51.2 Å². The Balaban J connectivity index is 2.03. The minimum Gasteiger partial charge on any atom is -0.367 e. The fraction of sp³-hybridized carbons (Fsp3) is 0.750. The molecule has 5 nitrogen and oxygen atoms in total. The Bertz CT molecular complexity index is 394. The Morgan fingerprint density at radius 1 is 1.53 bits per heavy atom. The lowest BCUT2D eigenvalue weighted by atomic mass is 10.0. The zero-order valence-corrected chi connectivity index (χ0v) is 10.4. The fourth-order valence-corrected chi connectivity index (χ4v) is 2.03. The molecule has 1 fully saturated rings. The number of ketones is 1. The molecule has 0 spiro atoms. The molecule has 0 bridgehead atoms. The van der Waals surface area contributed by atoms with Crippen LogP contribution in [0.2, 0.25) is 0 Å². The van der Waals surface area contributed by atoms with Gasteiger partial charge in [-0.05, 0) is 26.2 Å². The van der Waals surface area contributed by atoms with Crippen molar-refractivity contribution in [3.05, 3.63) is 11.7 Å². The summed E-state index contributed by atoms with van der Waals surface area (Å²) in [6, 6.07) is 0. The lowest BCUT2D eigenvalue weighted by Gasteiger charge is -2.17. The molecular weight excluding hydrogens is 220 g/mol. The van der Waals surface area contributed by atoms with Gasteiger partial charge in [0.05, 0.1) is 6.42 Å². The van der Waals surface area contributed by atoms with Gasteiger partial charge in [0, 0.05) is 13.0 Å². The zero-order valence-electron chi connectivity index (χ0n) is 10.4. The van der Waals surface area contributed by atoms with E-state index in [4.69, 9.17) is 9.26 Å². The molecule has 1 unspecified atom stereocenters. The van der Waals surface area contributed by atoms with Crippen LogP contribution in [0.25, 0.3) is 0 Å². The van der Waals surface area contributed by atoms with E-state index in [1.54, 1.807) is 0 Å². The molecule has 0 aliphatic carbocycles. The summed E-state index contributed by atoms with van der Waals surface area (Å²) in [5.41, 5.74) is -0.435. The Morgan fingerprint density at radius 3 is 3.00 bits per heavy atom. The van der Waals surface area contributed by atoms with Crippen molar-refractivity contribution in [2.45, 2.75) is 51.6 Å². The third-order valence-electron chi connectivity index (χ3n) is 3.04. The third kappa shape index (κ3) is 2.72. The molecule has 0 amide bonds.